The second-order valence-corrected chi connectivity index (χ2v) is 8.83. The van der Waals surface area contributed by atoms with Gasteiger partial charge in [0.2, 0.25) is 0 Å². The van der Waals surface area contributed by atoms with Gasteiger partial charge in [-0.1, -0.05) is 53.9 Å². The third-order valence-electron chi connectivity index (χ3n) is 5.32. The Kier molecular flexibility index (Phi) is 24.5. The van der Waals surface area contributed by atoms with Crippen LogP contribution in [0.1, 0.15) is 73.6 Å². The van der Waals surface area contributed by atoms with E-state index in [2.05, 4.69) is 11.7 Å². The Bertz CT molecular complexity index is 678. The maximum Gasteiger partial charge on any atom is 0.460 e. The van der Waals surface area contributed by atoms with E-state index >= 15 is 0 Å². The first-order chi connectivity index (χ1) is 18.6. The van der Waals surface area contributed by atoms with Crippen molar-refractivity contribution in [1.82, 2.24) is 0 Å². The zero-order valence-corrected chi connectivity index (χ0v) is 22.5. The monoisotopic (exact) mass is 672 g/mol. The number of halogens is 13. The summed E-state index contributed by atoms with van der Waals surface area (Å²) in [6.45, 7) is 3.14. The van der Waals surface area contributed by atoms with Gasteiger partial charge in [0.15, 0.2) is 0 Å². The fourth-order valence-electron chi connectivity index (χ4n) is 2.77. The third kappa shape index (κ3) is 14.7. The van der Waals surface area contributed by atoms with Crippen molar-refractivity contribution in [2.24, 2.45) is 0 Å². The standard InChI is InChI=1S/C13H28O3.C10H9F13O2.2CH4/c1-3-4-5-6-7-8-9-15-10-11-16-13(2)12-14;11-5(12,1-3-25-4-2-24)6(13,14)7(15,16)8(17,18)9(19,20)10(21,22)23;;/h13-14H,3-12H2,1-2H3;24H,1-4H2;2*1H4. The molecule has 0 fully saturated rings. The molecule has 43 heavy (non-hydrogen) atoms. The molecule has 0 rings (SSSR count). The largest absolute Gasteiger partial charge is 0.460 e. The lowest BCUT2D eigenvalue weighted by atomic mass is 9.93. The Hall–Kier alpha value is -1.11. The quantitative estimate of drug-likeness (QED) is 0.0952. The number of ether oxygens (including phenoxy) is 3. The smallest absolute Gasteiger partial charge is 0.394 e. The van der Waals surface area contributed by atoms with Gasteiger partial charge in [-0.05, 0) is 13.3 Å². The number of aliphatic hydroxyl groups excluding tert-OH is 2. The topological polar surface area (TPSA) is 68.2 Å². The van der Waals surface area contributed by atoms with Gasteiger partial charge in [-0.15, -0.1) is 0 Å². The summed E-state index contributed by atoms with van der Waals surface area (Å²) in [5.41, 5.74) is 0. The van der Waals surface area contributed by atoms with Gasteiger partial charge in [0.25, 0.3) is 0 Å². The summed E-state index contributed by atoms with van der Waals surface area (Å²) in [6, 6.07) is 0. The summed E-state index contributed by atoms with van der Waals surface area (Å²) in [4.78, 5) is 0. The van der Waals surface area contributed by atoms with Crippen molar-refractivity contribution in [3.8, 4) is 0 Å². The molecule has 2 N–H and O–H groups in total. The van der Waals surface area contributed by atoms with Gasteiger partial charge in [-0.2, -0.15) is 57.1 Å². The zero-order valence-electron chi connectivity index (χ0n) is 22.5. The Morgan fingerprint density at radius 3 is 1.49 bits per heavy atom. The summed E-state index contributed by atoms with van der Waals surface area (Å²) in [7, 11) is 0. The molecule has 1 atom stereocenters. The van der Waals surface area contributed by atoms with Crippen LogP contribution in [0.15, 0.2) is 0 Å². The average Bonchev–Trinajstić information content (AvgIpc) is 2.86. The number of hydrogen-bond acceptors (Lipinski definition) is 5. The molecule has 0 saturated carbocycles. The van der Waals surface area contributed by atoms with Gasteiger partial charge in [0, 0.05) is 13.0 Å². The molecule has 0 heterocycles. The zero-order chi connectivity index (χ0) is 32.6. The lowest BCUT2D eigenvalue weighted by Gasteiger charge is -2.39. The van der Waals surface area contributed by atoms with Crippen molar-refractivity contribution in [3.63, 3.8) is 0 Å². The van der Waals surface area contributed by atoms with E-state index in [4.69, 9.17) is 19.7 Å². The predicted octanol–water partition coefficient (Wildman–Crippen LogP) is 8.16. The highest BCUT2D eigenvalue weighted by atomic mass is 19.4. The highest BCUT2D eigenvalue weighted by molar-refractivity contribution is 5.10. The molecule has 0 spiro atoms. The van der Waals surface area contributed by atoms with Crippen molar-refractivity contribution in [2.45, 2.75) is 116 Å². The summed E-state index contributed by atoms with van der Waals surface area (Å²) >= 11 is 0. The third-order valence-corrected chi connectivity index (χ3v) is 5.32. The Labute approximate surface area is 244 Å². The Balaban J connectivity index is -0.000000368. The summed E-state index contributed by atoms with van der Waals surface area (Å²) in [5, 5.41) is 16.9. The van der Waals surface area contributed by atoms with E-state index in [1.807, 2.05) is 6.92 Å². The van der Waals surface area contributed by atoms with Crippen molar-refractivity contribution >= 4 is 0 Å². The van der Waals surface area contributed by atoms with Crippen LogP contribution in [0.25, 0.3) is 0 Å². The van der Waals surface area contributed by atoms with Crippen LogP contribution in [-0.2, 0) is 14.2 Å². The molecule has 0 aliphatic heterocycles. The minimum absolute atomic E-state index is 0. The fraction of sp³-hybridized carbons (Fsp3) is 1.00. The van der Waals surface area contributed by atoms with Gasteiger partial charge >= 0.3 is 35.8 Å². The van der Waals surface area contributed by atoms with Crippen molar-refractivity contribution in [3.05, 3.63) is 0 Å². The molecule has 266 valence electrons. The molecular weight excluding hydrogens is 627 g/mol. The molecule has 0 amide bonds. The van der Waals surface area contributed by atoms with Crippen LogP contribution in [0.3, 0.4) is 0 Å². The van der Waals surface area contributed by atoms with E-state index in [0.29, 0.717) is 13.2 Å². The van der Waals surface area contributed by atoms with Gasteiger partial charge < -0.3 is 24.4 Å². The van der Waals surface area contributed by atoms with Gasteiger partial charge in [0.05, 0.1) is 45.7 Å². The molecule has 18 heteroatoms. The normalized spacial score (nSPS) is 13.9. The molecule has 0 aliphatic carbocycles. The van der Waals surface area contributed by atoms with Crippen molar-refractivity contribution in [2.75, 3.05) is 46.2 Å². The summed E-state index contributed by atoms with van der Waals surface area (Å²) < 4.78 is 179. The first-order valence-electron chi connectivity index (χ1n) is 12.6. The highest BCUT2D eigenvalue weighted by Crippen LogP contribution is 2.60. The molecule has 1 unspecified atom stereocenters. The Morgan fingerprint density at radius 1 is 0.558 bits per heavy atom. The molecule has 0 saturated heterocycles. The van der Waals surface area contributed by atoms with E-state index in [0.717, 1.165) is 13.0 Å². The molecule has 0 aromatic heterocycles. The first-order valence-corrected chi connectivity index (χ1v) is 12.6. The molecule has 0 radical (unpaired) electrons. The van der Waals surface area contributed by atoms with Gasteiger partial charge in [-0.3, -0.25) is 0 Å². The number of unbranched alkanes of at least 4 members (excludes halogenated alkanes) is 5. The molecule has 5 nitrogen and oxygen atoms in total. The van der Waals surface area contributed by atoms with Crippen LogP contribution in [0, 0.1) is 0 Å². The predicted molar refractivity (Wildman–Crippen MR) is 133 cm³/mol. The number of hydrogen-bond donors (Lipinski definition) is 2. The highest BCUT2D eigenvalue weighted by Gasteiger charge is 2.90. The minimum Gasteiger partial charge on any atom is -0.394 e. The fourth-order valence-corrected chi connectivity index (χ4v) is 2.77. The number of rotatable bonds is 21. The SMILES string of the molecule is C.C.CCCCCCCCOCCOC(C)CO.OCCOCCC(F)(F)C(F)(F)C(F)(F)C(F)(F)C(F)(F)C(F)(F)F. The van der Waals surface area contributed by atoms with E-state index in [-0.39, 0.29) is 27.6 Å². The van der Waals surface area contributed by atoms with Crippen LogP contribution in [0.4, 0.5) is 57.1 Å². The van der Waals surface area contributed by atoms with Crippen LogP contribution < -0.4 is 0 Å². The average molecular weight is 673 g/mol. The van der Waals surface area contributed by atoms with Crippen LogP contribution >= 0.6 is 0 Å². The number of aliphatic hydroxyl groups is 2. The minimum atomic E-state index is -7.89. The van der Waals surface area contributed by atoms with Crippen molar-refractivity contribution < 1.29 is 81.5 Å². The van der Waals surface area contributed by atoms with E-state index < -0.39 is 62.0 Å². The Morgan fingerprint density at radius 2 is 1.02 bits per heavy atom. The first kappa shape index (κ1) is 48.8. The van der Waals surface area contributed by atoms with Gasteiger partial charge in [0.1, 0.15) is 0 Å². The van der Waals surface area contributed by atoms with E-state index in [9.17, 15) is 57.1 Å². The van der Waals surface area contributed by atoms with Crippen molar-refractivity contribution in [1.29, 1.82) is 0 Å². The molecule has 0 bridgehead atoms. The maximum absolute atomic E-state index is 13.1. The lowest BCUT2D eigenvalue weighted by Crippen LogP contribution is -2.70. The van der Waals surface area contributed by atoms with Crippen LogP contribution in [0.5, 0.6) is 0 Å². The second kappa shape index (κ2) is 21.6. The van der Waals surface area contributed by atoms with E-state index in [1.165, 1.54) is 32.1 Å². The van der Waals surface area contributed by atoms with Crippen LogP contribution in [0.2, 0.25) is 0 Å². The molecule has 0 aromatic rings. The lowest BCUT2D eigenvalue weighted by molar-refractivity contribution is -0.440. The maximum atomic E-state index is 13.1. The van der Waals surface area contributed by atoms with Gasteiger partial charge in [-0.25, -0.2) is 0 Å². The van der Waals surface area contributed by atoms with Crippen LogP contribution in [-0.4, -0.2) is 98.4 Å². The summed E-state index contributed by atoms with van der Waals surface area (Å²) in [5.74, 6) is -36.8. The number of alkyl halides is 13. The van der Waals surface area contributed by atoms with E-state index in [1.54, 1.807) is 0 Å². The summed E-state index contributed by atoms with van der Waals surface area (Å²) in [6.07, 6.45) is -2.16. The molecule has 0 aliphatic rings. The molecular formula is C25H45F13O5. The molecule has 0 aromatic carbocycles. The second-order valence-electron chi connectivity index (χ2n) is 8.83.